The second kappa shape index (κ2) is 4.76. The van der Waals surface area contributed by atoms with Crippen LogP contribution >= 0.6 is 0 Å². The van der Waals surface area contributed by atoms with Crippen molar-refractivity contribution in [2.45, 2.75) is 25.8 Å². The van der Waals surface area contributed by atoms with Crippen LogP contribution in [0.2, 0.25) is 0 Å². The van der Waals surface area contributed by atoms with Crippen LogP contribution in [0.4, 0.5) is 11.4 Å². The van der Waals surface area contributed by atoms with E-state index in [1.807, 2.05) is 11.9 Å². The summed E-state index contributed by atoms with van der Waals surface area (Å²) in [6.07, 6.45) is 3.11. The van der Waals surface area contributed by atoms with E-state index in [1.54, 1.807) is 6.07 Å². The van der Waals surface area contributed by atoms with E-state index < -0.39 is 4.92 Å². The predicted molar refractivity (Wildman–Crippen MR) is 69.1 cm³/mol. The lowest BCUT2D eigenvalue weighted by Gasteiger charge is -2.28. The van der Waals surface area contributed by atoms with Gasteiger partial charge in [-0.25, -0.2) is 0 Å². The van der Waals surface area contributed by atoms with Gasteiger partial charge in [0, 0.05) is 36.5 Å². The van der Waals surface area contributed by atoms with Gasteiger partial charge in [0.2, 0.25) is 0 Å². The number of anilines is 1. The Balaban J connectivity index is 2.31. The van der Waals surface area contributed by atoms with E-state index in [9.17, 15) is 14.9 Å². The minimum absolute atomic E-state index is 0.0478. The molecule has 1 fully saturated rings. The largest absolute Gasteiger partial charge is 0.371 e. The van der Waals surface area contributed by atoms with Crippen LogP contribution < -0.4 is 4.90 Å². The molecule has 5 heteroatoms. The third-order valence-electron chi connectivity index (χ3n) is 3.64. The molecular formula is C13H16N2O3. The molecule has 1 aliphatic rings. The summed E-state index contributed by atoms with van der Waals surface area (Å²) >= 11 is 0. The SMILES string of the molecule is CC(C1CC1)N(C)c1ccc([N+](=O)[O-])cc1C=O. The molecule has 0 heterocycles. The van der Waals surface area contributed by atoms with Crippen molar-refractivity contribution in [2.75, 3.05) is 11.9 Å². The van der Waals surface area contributed by atoms with Gasteiger partial charge < -0.3 is 4.90 Å². The maximum absolute atomic E-state index is 11.1. The van der Waals surface area contributed by atoms with Crippen molar-refractivity contribution in [1.29, 1.82) is 0 Å². The molecule has 18 heavy (non-hydrogen) atoms. The van der Waals surface area contributed by atoms with Crippen molar-refractivity contribution in [1.82, 2.24) is 0 Å². The van der Waals surface area contributed by atoms with Gasteiger partial charge in [0.05, 0.1) is 4.92 Å². The molecule has 1 atom stereocenters. The first kappa shape index (κ1) is 12.5. The molecule has 0 N–H and O–H groups in total. The van der Waals surface area contributed by atoms with Gasteiger partial charge in [-0.05, 0) is 31.7 Å². The van der Waals surface area contributed by atoms with Crippen LogP contribution in [0, 0.1) is 16.0 Å². The summed E-state index contributed by atoms with van der Waals surface area (Å²) in [5, 5.41) is 10.7. The first-order valence-corrected chi connectivity index (χ1v) is 6.01. The van der Waals surface area contributed by atoms with Gasteiger partial charge in [0.15, 0.2) is 6.29 Å². The maximum atomic E-state index is 11.1. The van der Waals surface area contributed by atoms with Crippen LogP contribution in [0.25, 0.3) is 0 Å². The van der Waals surface area contributed by atoms with Gasteiger partial charge in [-0.15, -0.1) is 0 Å². The number of nitro benzene ring substituents is 1. The summed E-state index contributed by atoms with van der Waals surface area (Å²) in [5.41, 5.74) is 1.09. The Bertz CT molecular complexity index is 483. The number of benzene rings is 1. The highest BCUT2D eigenvalue weighted by atomic mass is 16.6. The number of carbonyl (C=O) groups excluding carboxylic acids is 1. The van der Waals surface area contributed by atoms with E-state index in [-0.39, 0.29) is 5.69 Å². The molecule has 0 bridgehead atoms. The number of nitro groups is 1. The van der Waals surface area contributed by atoms with Gasteiger partial charge in [-0.3, -0.25) is 14.9 Å². The Morgan fingerprint density at radius 1 is 1.50 bits per heavy atom. The molecular weight excluding hydrogens is 232 g/mol. The summed E-state index contributed by atoms with van der Waals surface area (Å²) in [4.78, 5) is 23.3. The van der Waals surface area contributed by atoms with Crippen LogP contribution in [-0.2, 0) is 0 Å². The molecule has 1 aromatic carbocycles. The third-order valence-corrected chi connectivity index (χ3v) is 3.64. The smallest absolute Gasteiger partial charge is 0.270 e. The van der Waals surface area contributed by atoms with Crippen LogP contribution in [-0.4, -0.2) is 24.3 Å². The van der Waals surface area contributed by atoms with Crippen LogP contribution in [0.3, 0.4) is 0 Å². The minimum Gasteiger partial charge on any atom is -0.371 e. The molecule has 0 radical (unpaired) electrons. The monoisotopic (exact) mass is 248 g/mol. The van der Waals surface area contributed by atoms with Crippen molar-refractivity contribution >= 4 is 17.7 Å². The molecule has 0 aromatic heterocycles. The molecule has 1 aromatic rings. The topological polar surface area (TPSA) is 63.4 Å². The van der Waals surface area contributed by atoms with Crippen molar-refractivity contribution in [3.05, 3.63) is 33.9 Å². The van der Waals surface area contributed by atoms with Gasteiger partial charge in [0.1, 0.15) is 0 Å². The van der Waals surface area contributed by atoms with Gasteiger partial charge in [0.25, 0.3) is 5.69 Å². The highest BCUT2D eigenvalue weighted by Gasteiger charge is 2.31. The quantitative estimate of drug-likeness (QED) is 0.456. The molecule has 1 aliphatic carbocycles. The van der Waals surface area contributed by atoms with E-state index in [4.69, 9.17) is 0 Å². The average Bonchev–Trinajstić information content (AvgIpc) is 3.20. The van der Waals surface area contributed by atoms with Crippen LogP contribution in [0.5, 0.6) is 0 Å². The second-order valence-corrected chi connectivity index (χ2v) is 4.81. The molecule has 0 spiro atoms. The van der Waals surface area contributed by atoms with E-state index in [2.05, 4.69) is 6.92 Å². The van der Waals surface area contributed by atoms with E-state index in [1.165, 1.54) is 25.0 Å². The summed E-state index contributed by atoms with van der Waals surface area (Å²) in [6.45, 7) is 2.12. The van der Waals surface area contributed by atoms with E-state index in [0.717, 1.165) is 5.69 Å². The lowest BCUT2D eigenvalue weighted by atomic mass is 10.1. The van der Waals surface area contributed by atoms with Gasteiger partial charge >= 0.3 is 0 Å². The summed E-state index contributed by atoms with van der Waals surface area (Å²) in [7, 11) is 1.93. The van der Waals surface area contributed by atoms with Crippen molar-refractivity contribution in [3.63, 3.8) is 0 Å². The van der Waals surface area contributed by atoms with Crippen molar-refractivity contribution in [3.8, 4) is 0 Å². The highest BCUT2D eigenvalue weighted by Crippen LogP contribution is 2.37. The maximum Gasteiger partial charge on any atom is 0.270 e. The zero-order valence-corrected chi connectivity index (χ0v) is 10.5. The number of rotatable bonds is 5. The zero-order chi connectivity index (χ0) is 13.3. The molecule has 5 nitrogen and oxygen atoms in total. The molecule has 96 valence electrons. The summed E-state index contributed by atoms with van der Waals surface area (Å²) in [5.74, 6) is 0.671. The Hall–Kier alpha value is -1.91. The van der Waals surface area contributed by atoms with Crippen molar-refractivity contribution < 1.29 is 9.72 Å². The molecule has 1 saturated carbocycles. The number of carbonyl (C=O) groups is 1. The Labute approximate surface area is 106 Å². The number of non-ortho nitro benzene ring substituents is 1. The fourth-order valence-corrected chi connectivity index (χ4v) is 2.19. The fraction of sp³-hybridized carbons (Fsp3) is 0.462. The average molecular weight is 248 g/mol. The Kier molecular flexibility index (Phi) is 3.32. The molecule has 0 saturated heterocycles. The fourth-order valence-electron chi connectivity index (χ4n) is 2.19. The predicted octanol–water partition coefficient (Wildman–Crippen LogP) is 2.64. The van der Waals surface area contributed by atoms with E-state index in [0.29, 0.717) is 23.8 Å². The lowest BCUT2D eigenvalue weighted by molar-refractivity contribution is -0.384. The molecule has 0 aliphatic heterocycles. The minimum atomic E-state index is -0.485. The van der Waals surface area contributed by atoms with E-state index >= 15 is 0 Å². The number of aldehydes is 1. The normalized spacial score (nSPS) is 16.1. The Morgan fingerprint density at radius 3 is 2.67 bits per heavy atom. The third kappa shape index (κ3) is 2.34. The summed E-state index contributed by atoms with van der Waals surface area (Å²) < 4.78 is 0. The summed E-state index contributed by atoms with van der Waals surface area (Å²) in [6, 6.07) is 4.78. The second-order valence-electron chi connectivity index (χ2n) is 4.81. The first-order valence-electron chi connectivity index (χ1n) is 6.01. The number of hydrogen-bond donors (Lipinski definition) is 0. The van der Waals surface area contributed by atoms with Gasteiger partial charge in [-0.2, -0.15) is 0 Å². The molecule has 0 amide bonds. The van der Waals surface area contributed by atoms with Crippen LogP contribution in [0.1, 0.15) is 30.1 Å². The lowest BCUT2D eigenvalue weighted by Crippen LogP contribution is -2.31. The number of nitrogens with zero attached hydrogens (tertiary/aromatic N) is 2. The first-order chi connectivity index (χ1) is 8.54. The molecule has 2 rings (SSSR count). The van der Waals surface area contributed by atoms with Crippen molar-refractivity contribution in [2.24, 2.45) is 5.92 Å². The Morgan fingerprint density at radius 2 is 2.17 bits per heavy atom. The highest BCUT2D eigenvalue weighted by molar-refractivity contribution is 5.86. The van der Waals surface area contributed by atoms with Crippen LogP contribution in [0.15, 0.2) is 18.2 Å². The van der Waals surface area contributed by atoms with Gasteiger partial charge in [-0.1, -0.05) is 0 Å². The molecule has 1 unspecified atom stereocenters. The zero-order valence-electron chi connectivity index (χ0n) is 10.5. The standard InChI is InChI=1S/C13H16N2O3/c1-9(10-3-4-10)14(2)13-6-5-12(15(17)18)7-11(13)8-16/h5-10H,3-4H2,1-2H3. The number of hydrogen-bond acceptors (Lipinski definition) is 4.